The van der Waals surface area contributed by atoms with Gasteiger partial charge in [0.2, 0.25) is 5.78 Å². The molecular formula is C27H26N2O10. The van der Waals surface area contributed by atoms with Crippen LogP contribution in [0.2, 0.25) is 0 Å². The summed E-state index contributed by atoms with van der Waals surface area (Å²) in [6, 6.07) is 6.40. The molecule has 12 nitrogen and oxygen atoms in total. The van der Waals surface area contributed by atoms with Crippen molar-refractivity contribution < 1.29 is 48.0 Å². The molecule has 1 N–H and O–H groups in total. The number of benzene rings is 2. The van der Waals surface area contributed by atoms with Crippen LogP contribution in [-0.2, 0) is 19.1 Å². The van der Waals surface area contributed by atoms with E-state index in [0.29, 0.717) is 52.6 Å². The fourth-order valence-electron chi connectivity index (χ4n) is 4.74. The molecule has 2 aliphatic heterocycles. The molecule has 1 aliphatic carbocycles. The van der Waals surface area contributed by atoms with E-state index in [9.17, 15) is 29.1 Å². The fraction of sp³-hybridized carbons (Fsp3) is 0.370. The number of ketones is 2. The number of carboxylic acids is 1. The van der Waals surface area contributed by atoms with E-state index >= 15 is 0 Å². The number of carboxylic acid groups (broad SMARTS) is 1. The number of aromatic carboxylic acids is 1. The predicted molar refractivity (Wildman–Crippen MR) is 132 cm³/mol. The minimum Gasteiger partial charge on any atom is -0.478 e. The molecule has 39 heavy (non-hydrogen) atoms. The molecule has 0 bridgehead atoms. The Kier molecular flexibility index (Phi) is 7.79. The van der Waals surface area contributed by atoms with Gasteiger partial charge in [0, 0.05) is 37.3 Å². The van der Waals surface area contributed by atoms with Crippen LogP contribution in [0.15, 0.2) is 30.3 Å². The zero-order valence-electron chi connectivity index (χ0n) is 21.0. The number of morpholine rings is 2. The molecule has 2 saturated heterocycles. The van der Waals surface area contributed by atoms with Gasteiger partial charge in [-0.05, 0) is 18.2 Å². The number of ether oxygens (including phenoxy) is 4. The average molecular weight is 539 g/mol. The molecule has 0 radical (unpaired) electrons. The Morgan fingerprint density at radius 1 is 0.744 bits per heavy atom. The van der Waals surface area contributed by atoms with E-state index in [-0.39, 0.29) is 52.4 Å². The second-order valence-corrected chi connectivity index (χ2v) is 9.26. The van der Waals surface area contributed by atoms with Gasteiger partial charge in [0.05, 0.1) is 56.2 Å². The monoisotopic (exact) mass is 538 g/mol. The van der Waals surface area contributed by atoms with Crippen molar-refractivity contribution in [1.82, 2.24) is 9.80 Å². The lowest BCUT2D eigenvalue weighted by atomic mass is 9.82. The molecule has 0 saturated carbocycles. The number of nitrogens with zero attached hydrogens (tertiary/aromatic N) is 2. The summed E-state index contributed by atoms with van der Waals surface area (Å²) in [5.41, 5.74) is -0.986. The van der Waals surface area contributed by atoms with Crippen LogP contribution in [0.25, 0.3) is 0 Å². The summed E-state index contributed by atoms with van der Waals surface area (Å²) in [6.45, 7) is 3.86. The molecule has 12 heteroatoms. The minimum atomic E-state index is -1.36. The van der Waals surface area contributed by atoms with Gasteiger partial charge in [-0.1, -0.05) is 12.1 Å². The molecule has 0 aromatic heterocycles. The van der Waals surface area contributed by atoms with Crippen molar-refractivity contribution >= 4 is 29.5 Å². The molecule has 0 amide bonds. The highest BCUT2D eigenvalue weighted by molar-refractivity contribution is 6.30. The Hall–Kier alpha value is -3.97. The van der Waals surface area contributed by atoms with Crippen LogP contribution in [0.3, 0.4) is 0 Å². The van der Waals surface area contributed by atoms with Crippen LogP contribution >= 0.6 is 0 Å². The van der Waals surface area contributed by atoms with Gasteiger partial charge >= 0.3 is 17.9 Å². The fourth-order valence-corrected chi connectivity index (χ4v) is 4.74. The Morgan fingerprint density at radius 2 is 1.28 bits per heavy atom. The first-order valence-corrected chi connectivity index (χ1v) is 12.5. The van der Waals surface area contributed by atoms with Crippen LogP contribution < -0.4 is 9.47 Å². The molecular weight excluding hydrogens is 512 g/mol. The van der Waals surface area contributed by atoms with Crippen LogP contribution in [-0.4, -0.2) is 110 Å². The number of hydrogen-bond acceptors (Lipinski definition) is 11. The van der Waals surface area contributed by atoms with Gasteiger partial charge < -0.3 is 24.1 Å². The molecule has 2 aromatic carbocycles. The van der Waals surface area contributed by atoms with E-state index in [2.05, 4.69) is 0 Å². The molecule has 5 rings (SSSR count). The molecule has 2 heterocycles. The standard InChI is InChI=1S/C27H26N2O10/c30-21(14-28-4-8-36-9-5-28)38-19-3-1-2-17-23(19)26(33)24-18(25(17)32)12-16(27(34)35)13-20(24)39-22(31)15-29-6-10-37-11-7-29/h1-3,12-13H,4-11,14-15H2,(H,34,35). The first-order chi connectivity index (χ1) is 18.8. The maximum Gasteiger partial charge on any atom is 0.335 e. The summed E-state index contributed by atoms with van der Waals surface area (Å²) in [5.74, 6) is -4.53. The van der Waals surface area contributed by atoms with E-state index in [1.165, 1.54) is 18.2 Å². The lowest BCUT2D eigenvalue weighted by Gasteiger charge is -2.26. The molecule has 204 valence electrons. The number of hydrogen-bond donors (Lipinski definition) is 1. The zero-order valence-corrected chi connectivity index (χ0v) is 21.0. The second-order valence-electron chi connectivity index (χ2n) is 9.26. The predicted octanol–water partition coefficient (Wildman–Crippen LogP) is 0.635. The average Bonchev–Trinajstić information content (AvgIpc) is 2.92. The normalized spacial score (nSPS) is 17.7. The van der Waals surface area contributed by atoms with E-state index < -0.39 is 29.5 Å². The van der Waals surface area contributed by atoms with Crippen LogP contribution in [0, 0.1) is 0 Å². The smallest absolute Gasteiger partial charge is 0.335 e. The maximum atomic E-state index is 13.8. The van der Waals surface area contributed by atoms with E-state index in [1.807, 2.05) is 4.90 Å². The van der Waals surface area contributed by atoms with Gasteiger partial charge in [-0.15, -0.1) is 0 Å². The van der Waals surface area contributed by atoms with Crippen molar-refractivity contribution in [3.8, 4) is 11.5 Å². The number of carbonyl (C=O) groups excluding carboxylic acids is 4. The van der Waals surface area contributed by atoms with E-state index in [1.54, 1.807) is 4.90 Å². The number of fused-ring (bicyclic) bond motifs is 2. The number of rotatable bonds is 7. The van der Waals surface area contributed by atoms with Gasteiger partial charge in [-0.3, -0.25) is 29.0 Å². The third-order valence-electron chi connectivity index (χ3n) is 6.68. The van der Waals surface area contributed by atoms with Crippen molar-refractivity contribution in [2.75, 3.05) is 65.7 Å². The van der Waals surface area contributed by atoms with Crippen molar-refractivity contribution in [2.45, 2.75) is 0 Å². The second kappa shape index (κ2) is 11.4. The summed E-state index contributed by atoms with van der Waals surface area (Å²) in [6.07, 6.45) is 0. The zero-order chi connectivity index (χ0) is 27.5. The summed E-state index contributed by atoms with van der Waals surface area (Å²) in [7, 11) is 0. The minimum absolute atomic E-state index is 0.0296. The quantitative estimate of drug-likeness (QED) is 0.332. The highest BCUT2D eigenvalue weighted by atomic mass is 16.5. The van der Waals surface area contributed by atoms with E-state index in [0.717, 1.165) is 12.1 Å². The summed E-state index contributed by atoms with van der Waals surface area (Å²) >= 11 is 0. The van der Waals surface area contributed by atoms with Gasteiger partial charge in [-0.2, -0.15) is 0 Å². The Morgan fingerprint density at radius 3 is 1.85 bits per heavy atom. The SMILES string of the molecule is O=C(CN1CCOCC1)Oc1cccc2c1C(=O)c1c(OC(=O)CN3CCOCC3)cc(C(=O)O)cc1C2=O. The maximum absolute atomic E-state index is 13.8. The van der Waals surface area contributed by atoms with Gasteiger partial charge in [0.1, 0.15) is 11.5 Å². The molecule has 2 aromatic rings. The van der Waals surface area contributed by atoms with Crippen molar-refractivity contribution in [3.05, 3.63) is 58.1 Å². The molecule has 0 atom stereocenters. The van der Waals surface area contributed by atoms with E-state index in [4.69, 9.17) is 18.9 Å². The van der Waals surface area contributed by atoms with Crippen LogP contribution in [0.5, 0.6) is 11.5 Å². The van der Waals surface area contributed by atoms with Crippen molar-refractivity contribution in [3.63, 3.8) is 0 Å². The molecule has 2 fully saturated rings. The molecule has 3 aliphatic rings. The number of esters is 2. The van der Waals surface area contributed by atoms with Crippen molar-refractivity contribution in [2.24, 2.45) is 0 Å². The lowest BCUT2D eigenvalue weighted by molar-refractivity contribution is -0.137. The highest BCUT2D eigenvalue weighted by Gasteiger charge is 2.37. The first-order valence-electron chi connectivity index (χ1n) is 12.5. The summed E-state index contributed by atoms with van der Waals surface area (Å²) in [5, 5.41) is 9.60. The lowest BCUT2D eigenvalue weighted by Crippen LogP contribution is -2.41. The van der Waals surface area contributed by atoms with Gasteiger partial charge in [-0.25, -0.2) is 4.79 Å². The van der Waals surface area contributed by atoms with Crippen LogP contribution in [0.4, 0.5) is 0 Å². The Labute approximate surface area is 223 Å². The van der Waals surface area contributed by atoms with Gasteiger partial charge in [0.15, 0.2) is 5.78 Å². The largest absolute Gasteiger partial charge is 0.478 e. The summed E-state index contributed by atoms with van der Waals surface area (Å²) < 4.78 is 21.5. The highest BCUT2D eigenvalue weighted by Crippen LogP contribution is 2.38. The van der Waals surface area contributed by atoms with Gasteiger partial charge in [0.25, 0.3) is 0 Å². The van der Waals surface area contributed by atoms with Crippen molar-refractivity contribution in [1.29, 1.82) is 0 Å². The third kappa shape index (κ3) is 5.73. The molecule has 0 spiro atoms. The first kappa shape index (κ1) is 26.6. The van der Waals surface area contributed by atoms with Crippen LogP contribution in [0.1, 0.15) is 42.2 Å². The Bertz CT molecular complexity index is 1340. The topological polar surface area (TPSA) is 149 Å². The Balaban J connectivity index is 1.46. The third-order valence-corrected chi connectivity index (χ3v) is 6.68. The summed E-state index contributed by atoms with van der Waals surface area (Å²) in [4.78, 5) is 68.1. The number of carbonyl (C=O) groups is 5. The molecule has 0 unspecified atom stereocenters.